The van der Waals surface area contributed by atoms with Gasteiger partial charge >= 0.3 is 0 Å². The van der Waals surface area contributed by atoms with Gasteiger partial charge in [-0.2, -0.15) is 0 Å². The highest BCUT2D eigenvalue weighted by molar-refractivity contribution is 5.90. The molecule has 1 fully saturated rings. The molecule has 5 heteroatoms. The van der Waals surface area contributed by atoms with E-state index in [9.17, 15) is 14.7 Å². The Morgan fingerprint density at radius 1 is 1.27 bits per heavy atom. The molecule has 0 spiro atoms. The standard InChI is InChI=1S/C17H18N2O3/c20-15(10-18-17(22)14-7-8-16(21)19-14)13-6-5-11-3-1-2-4-12(11)9-13/h1-6,9,14-15,20H,7-8,10H2,(H,18,22)(H,19,21). The number of carbonyl (C=O) groups is 2. The molecule has 0 saturated carbocycles. The van der Waals surface area contributed by atoms with Crippen LogP contribution in [0.5, 0.6) is 0 Å². The van der Waals surface area contributed by atoms with Crippen LogP contribution in [-0.4, -0.2) is 29.5 Å². The monoisotopic (exact) mass is 298 g/mol. The minimum absolute atomic E-state index is 0.102. The van der Waals surface area contributed by atoms with Gasteiger partial charge in [0.25, 0.3) is 0 Å². The van der Waals surface area contributed by atoms with E-state index in [0.717, 1.165) is 16.3 Å². The van der Waals surface area contributed by atoms with Crippen molar-refractivity contribution < 1.29 is 14.7 Å². The summed E-state index contributed by atoms with van der Waals surface area (Å²) >= 11 is 0. The Balaban J connectivity index is 1.62. The number of hydrogen-bond donors (Lipinski definition) is 3. The number of aliphatic hydroxyl groups is 1. The van der Waals surface area contributed by atoms with Crippen molar-refractivity contribution in [2.75, 3.05) is 6.54 Å². The van der Waals surface area contributed by atoms with Gasteiger partial charge in [0, 0.05) is 13.0 Å². The highest BCUT2D eigenvalue weighted by Gasteiger charge is 2.27. The fourth-order valence-corrected chi connectivity index (χ4v) is 2.66. The first-order valence-corrected chi connectivity index (χ1v) is 7.37. The SMILES string of the molecule is O=C1CCC(C(=O)NCC(O)c2ccc3ccccc3c2)N1. The van der Waals surface area contributed by atoms with Gasteiger partial charge in [-0.25, -0.2) is 0 Å². The topological polar surface area (TPSA) is 78.4 Å². The molecule has 3 N–H and O–H groups in total. The van der Waals surface area contributed by atoms with E-state index in [4.69, 9.17) is 0 Å². The van der Waals surface area contributed by atoms with Crippen LogP contribution in [0.3, 0.4) is 0 Å². The first-order valence-electron chi connectivity index (χ1n) is 7.37. The maximum atomic E-state index is 11.9. The molecule has 2 atom stereocenters. The van der Waals surface area contributed by atoms with E-state index < -0.39 is 12.1 Å². The van der Waals surface area contributed by atoms with Crippen LogP contribution in [0.4, 0.5) is 0 Å². The molecule has 2 aromatic rings. The highest BCUT2D eigenvalue weighted by atomic mass is 16.3. The maximum Gasteiger partial charge on any atom is 0.242 e. The van der Waals surface area contributed by atoms with Gasteiger partial charge in [-0.3, -0.25) is 9.59 Å². The molecule has 1 heterocycles. The minimum Gasteiger partial charge on any atom is -0.387 e. The fraction of sp³-hybridized carbons (Fsp3) is 0.294. The summed E-state index contributed by atoms with van der Waals surface area (Å²) in [6, 6.07) is 13.2. The second-order valence-electron chi connectivity index (χ2n) is 5.53. The van der Waals surface area contributed by atoms with Gasteiger partial charge in [-0.05, 0) is 28.8 Å². The van der Waals surface area contributed by atoms with Crippen molar-refractivity contribution in [1.82, 2.24) is 10.6 Å². The summed E-state index contributed by atoms with van der Waals surface area (Å²) in [5, 5.41) is 17.7. The van der Waals surface area contributed by atoms with Gasteiger partial charge in [0.2, 0.25) is 11.8 Å². The molecular formula is C17H18N2O3. The molecule has 0 aliphatic carbocycles. The fourth-order valence-electron chi connectivity index (χ4n) is 2.66. The van der Waals surface area contributed by atoms with E-state index >= 15 is 0 Å². The molecule has 0 bridgehead atoms. The van der Waals surface area contributed by atoms with Crippen LogP contribution in [0.1, 0.15) is 24.5 Å². The van der Waals surface area contributed by atoms with Crippen LogP contribution in [0.2, 0.25) is 0 Å². The molecule has 2 aromatic carbocycles. The number of rotatable bonds is 4. The smallest absolute Gasteiger partial charge is 0.242 e. The first kappa shape index (κ1) is 14.5. The average Bonchev–Trinajstić information content (AvgIpc) is 2.98. The average molecular weight is 298 g/mol. The lowest BCUT2D eigenvalue weighted by molar-refractivity contribution is -0.126. The van der Waals surface area contributed by atoms with Crippen molar-refractivity contribution in [1.29, 1.82) is 0 Å². The largest absolute Gasteiger partial charge is 0.387 e. The normalized spacial score (nSPS) is 19.0. The molecule has 2 amide bonds. The number of nitrogens with one attached hydrogen (secondary N) is 2. The molecular weight excluding hydrogens is 280 g/mol. The molecule has 1 aliphatic rings. The molecule has 22 heavy (non-hydrogen) atoms. The molecule has 2 unspecified atom stereocenters. The van der Waals surface area contributed by atoms with Gasteiger partial charge in [0.1, 0.15) is 6.04 Å². The van der Waals surface area contributed by atoms with Crippen LogP contribution in [0.25, 0.3) is 10.8 Å². The van der Waals surface area contributed by atoms with Gasteiger partial charge < -0.3 is 15.7 Å². The van der Waals surface area contributed by atoms with Crippen molar-refractivity contribution in [3.8, 4) is 0 Å². The maximum absolute atomic E-state index is 11.9. The summed E-state index contributed by atoms with van der Waals surface area (Å²) in [5.41, 5.74) is 0.759. The lowest BCUT2D eigenvalue weighted by atomic mass is 10.0. The Kier molecular flexibility index (Phi) is 4.06. The summed E-state index contributed by atoms with van der Waals surface area (Å²) in [6.45, 7) is 0.129. The summed E-state index contributed by atoms with van der Waals surface area (Å²) in [7, 11) is 0. The quantitative estimate of drug-likeness (QED) is 0.795. The Bertz CT molecular complexity index is 714. The van der Waals surface area contributed by atoms with Gasteiger partial charge in [-0.15, -0.1) is 0 Å². The molecule has 5 nitrogen and oxygen atoms in total. The molecule has 1 saturated heterocycles. The van der Waals surface area contributed by atoms with Crippen molar-refractivity contribution >= 4 is 22.6 Å². The van der Waals surface area contributed by atoms with Crippen LogP contribution in [-0.2, 0) is 9.59 Å². The van der Waals surface area contributed by atoms with Crippen LogP contribution in [0, 0.1) is 0 Å². The Morgan fingerprint density at radius 3 is 2.77 bits per heavy atom. The van der Waals surface area contributed by atoms with E-state index in [-0.39, 0.29) is 18.4 Å². The first-order chi connectivity index (χ1) is 10.6. The van der Waals surface area contributed by atoms with E-state index in [2.05, 4.69) is 10.6 Å². The van der Waals surface area contributed by atoms with Gasteiger partial charge in [0.15, 0.2) is 0 Å². The third kappa shape index (κ3) is 3.09. The Morgan fingerprint density at radius 2 is 2.05 bits per heavy atom. The zero-order valence-electron chi connectivity index (χ0n) is 12.1. The summed E-state index contributed by atoms with van der Waals surface area (Å²) in [6.07, 6.45) is 0.118. The number of aliphatic hydroxyl groups excluding tert-OH is 1. The zero-order chi connectivity index (χ0) is 15.5. The van der Waals surface area contributed by atoms with Crippen LogP contribution >= 0.6 is 0 Å². The van der Waals surface area contributed by atoms with Crippen molar-refractivity contribution in [2.45, 2.75) is 25.0 Å². The lowest BCUT2D eigenvalue weighted by Gasteiger charge is -2.15. The lowest BCUT2D eigenvalue weighted by Crippen LogP contribution is -2.42. The molecule has 3 rings (SSSR count). The van der Waals surface area contributed by atoms with E-state index in [1.54, 1.807) is 0 Å². The summed E-state index contributed by atoms with van der Waals surface area (Å²) in [5.74, 6) is -0.346. The number of amides is 2. The highest BCUT2D eigenvalue weighted by Crippen LogP contribution is 2.20. The second kappa shape index (κ2) is 6.15. The van der Waals surface area contributed by atoms with Gasteiger partial charge in [-0.1, -0.05) is 36.4 Å². The molecule has 0 radical (unpaired) electrons. The third-order valence-electron chi connectivity index (χ3n) is 3.94. The molecule has 1 aliphatic heterocycles. The van der Waals surface area contributed by atoms with Crippen molar-refractivity contribution in [3.63, 3.8) is 0 Å². The summed E-state index contributed by atoms with van der Waals surface area (Å²) < 4.78 is 0. The molecule has 0 aromatic heterocycles. The Hall–Kier alpha value is -2.40. The van der Waals surface area contributed by atoms with E-state index in [1.165, 1.54) is 0 Å². The minimum atomic E-state index is -0.773. The predicted octanol–water partition coefficient (Wildman–Crippen LogP) is 1.27. The molecule has 114 valence electrons. The predicted molar refractivity (Wildman–Crippen MR) is 83.1 cm³/mol. The number of fused-ring (bicyclic) bond motifs is 1. The van der Waals surface area contributed by atoms with E-state index in [1.807, 2.05) is 42.5 Å². The summed E-state index contributed by atoms with van der Waals surface area (Å²) in [4.78, 5) is 23.0. The van der Waals surface area contributed by atoms with Crippen LogP contribution in [0.15, 0.2) is 42.5 Å². The number of hydrogen-bond acceptors (Lipinski definition) is 3. The number of benzene rings is 2. The van der Waals surface area contributed by atoms with Gasteiger partial charge in [0.05, 0.1) is 6.10 Å². The third-order valence-corrected chi connectivity index (χ3v) is 3.94. The second-order valence-corrected chi connectivity index (χ2v) is 5.53. The zero-order valence-corrected chi connectivity index (χ0v) is 12.1. The number of carbonyl (C=O) groups excluding carboxylic acids is 2. The van der Waals surface area contributed by atoms with Crippen molar-refractivity contribution in [2.24, 2.45) is 0 Å². The van der Waals surface area contributed by atoms with Crippen LogP contribution < -0.4 is 10.6 Å². The van der Waals surface area contributed by atoms with E-state index in [0.29, 0.717) is 12.8 Å². The van der Waals surface area contributed by atoms with Crippen molar-refractivity contribution in [3.05, 3.63) is 48.0 Å². The Labute approximate surface area is 128 Å².